The third kappa shape index (κ3) is 2.67. The number of anilines is 1. The van der Waals surface area contributed by atoms with Gasteiger partial charge in [-0.1, -0.05) is 12.1 Å². The Kier molecular flexibility index (Phi) is 4.52. The molecule has 2 saturated heterocycles. The number of carbonyl (C=O) groups excluding carboxylic acids is 2. The number of esters is 1. The smallest absolute Gasteiger partial charge is 0.340 e. The van der Waals surface area contributed by atoms with Crippen molar-refractivity contribution in [1.29, 1.82) is 0 Å². The SMILES string of the molecule is CCOC(=O)c1ccccc1N1C(=O)N2CCC[C@H]2[C@@H]1OCC. The number of fused-ring (bicyclic) bond motifs is 1. The first kappa shape index (κ1) is 15.8. The van der Waals surface area contributed by atoms with E-state index in [9.17, 15) is 9.59 Å². The normalized spacial score (nSPS) is 23.3. The van der Waals surface area contributed by atoms with Gasteiger partial charge in [-0.15, -0.1) is 0 Å². The lowest BCUT2D eigenvalue weighted by atomic mass is 10.1. The molecule has 2 amide bonds. The minimum atomic E-state index is -0.418. The number of hydrogen-bond acceptors (Lipinski definition) is 4. The van der Waals surface area contributed by atoms with Crippen molar-refractivity contribution in [1.82, 2.24) is 4.90 Å². The van der Waals surface area contributed by atoms with Crippen molar-refractivity contribution in [2.75, 3.05) is 24.7 Å². The molecule has 0 N–H and O–H groups in total. The summed E-state index contributed by atoms with van der Waals surface area (Å²) < 4.78 is 11.0. The Hall–Kier alpha value is -2.08. The van der Waals surface area contributed by atoms with Crippen LogP contribution in [0.25, 0.3) is 0 Å². The molecule has 2 aliphatic rings. The molecule has 0 radical (unpaired) electrons. The van der Waals surface area contributed by atoms with Crippen LogP contribution in [-0.4, -0.2) is 48.9 Å². The van der Waals surface area contributed by atoms with Gasteiger partial charge in [0, 0.05) is 13.2 Å². The molecule has 1 aromatic carbocycles. The number of carbonyl (C=O) groups is 2. The number of amides is 2. The second kappa shape index (κ2) is 6.58. The molecule has 0 bridgehead atoms. The average Bonchev–Trinajstić information content (AvgIpc) is 3.12. The van der Waals surface area contributed by atoms with E-state index in [0.29, 0.717) is 24.5 Å². The zero-order valence-electron chi connectivity index (χ0n) is 13.5. The highest BCUT2D eigenvalue weighted by Gasteiger charge is 2.49. The van der Waals surface area contributed by atoms with Crippen molar-refractivity contribution in [3.05, 3.63) is 29.8 Å². The van der Waals surface area contributed by atoms with E-state index in [1.807, 2.05) is 17.9 Å². The van der Waals surface area contributed by atoms with Crippen LogP contribution in [0.5, 0.6) is 0 Å². The molecule has 23 heavy (non-hydrogen) atoms. The first-order valence-electron chi connectivity index (χ1n) is 8.16. The lowest BCUT2D eigenvalue weighted by Gasteiger charge is -2.27. The highest BCUT2D eigenvalue weighted by Crippen LogP contribution is 2.37. The van der Waals surface area contributed by atoms with Gasteiger partial charge in [0.15, 0.2) is 6.23 Å². The van der Waals surface area contributed by atoms with E-state index in [2.05, 4.69) is 0 Å². The summed E-state index contributed by atoms with van der Waals surface area (Å²) in [4.78, 5) is 28.5. The highest BCUT2D eigenvalue weighted by atomic mass is 16.5. The first-order chi connectivity index (χ1) is 11.2. The number of hydrogen-bond donors (Lipinski definition) is 0. The van der Waals surface area contributed by atoms with Gasteiger partial charge in [0.05, 0.1) is 23.9 Å². The summed E-state index contributed by atoms with van der Waals surface area (Å²) in [6, 6.07) is 7.01. The van der Waals surface area contributed by atoms with E-state index >= 15 is 0 Å². The van der Waals surface area contributed by atoms with Crippen LogP contribution in [0.3, 0.4) is 0 Å². The Balaban J connectivity index is 1.99. The fraction of sp³-hybridized carbons (Fsp3) is 0.529. The molecule has 0 spiro atoms. The van der Waals surface area contributed by atoms with Crippen molar-refractivity contribution in [2.24, 2.45) is 0 Å². The predicted molar refractivity (Wildman–Crippen MR) is 85.4 cm³/mol. The Labute approximate surface area is 136 Å². The van der Waals surface area contributed by atoms with Gasteiger partial charge in [-0.25, -0.2) is 9.59 Å². The standard InChI is InChI=1S/C17H22N2O4/c1-3-22-15-14-10-7-11-18(14)17(21)19(15)13-9-6-5-8-12(13)16(20)23-4-2/h5-6,8-9,14-15H,3-4,7,10-11H2,1-2H3/t14-,15-/m0/s1. The maximum Gasteiger partial charge on any atom is 0.340 e. The van der Waals surface area contributed by atoms with Gasteiger partial charge in [-0.3, -0.25) is 4.90 Å². The van der Waals surface area contributed by atoms with E-state index in [0.717, 1.165) is 19.4 Å². The van der Waals surface area contributed by atoms with Gasteiger partial charge in [-0.05, 0) is 38.8 Å². The lowest BCUT2D eigenvalue weighted by molar-refractivity contribution is 0.0440. The monoisotopic (exact) mass is 318 g/mol. The van der Waals surface area contributed by atoms with E-state index in [-0.39, 0.29) is 18.3 Å². The molecule has 1 aromatic rings. The molecule has 0 aliphatic carbocycles. The molecule has 3 rings (SSSR count). The molecule has 6 heteroatoms. The van der Waals surface area contributed by atoms with E-state index in [1.54, 1.807) is 30.0 Å². The number of benzene rings is 1. The fourth-order valence-corrected chi connectivity index (χ4v) is 3.41. The van der Waals surface area contributed by atoms with E-state index < -0.39 is 5.97 Å². The topological polar surface area (TPSA) is 59.1 Å². The largest absolute Gasteiger partial charge is 0.462 e. The van der Waals surface area contributed by atoms with Crippen LogP contribution in [-0.2, 0) is 9.47 Å². The van der Waals surface area contributed by atoms with Crippen molar-refractivity contribution in [2.45, 2.75) is 39.0 Å². The van der Waals surface area contributed by atoms with E-state index in [4.69, 9.17) is 9.47 Å². The third-order valence-electron chi connectivity index (χ3n) is 4.33. The quantitative estimate of drug-likeness (QED) is 0.783. The number of rotatable bonds is 5. The van der Waals surface area contributed by atoms with Crippen LogP contribution >= 0.6 is 0 Å². The van der Waals surface area contributed by atoms with Gasteiger partial charge in [0.2, 0.25) is 0 Å². The number of para-hydroxylation sites is 1. The summed E-state index contributed by atoms with van der Waals surface area (Å²) in [6.07, 6.45) is 1.56. The van der Waals surface area contributed by atoms with Gasteiger partial charge in [-0.2, -0.15) is 0 Å². The Morgan fingerprint density at radius 3 is 2.78 bits per heavy atom. The van der Waals surface area contributed by atoms with Crippen LogP contribution in [0.2, 0.25) is 0 Å². The summed E-state index contributed by atoms with van der Waals surface area (Å²) in [6.45, 7) is 5.23. The van der Waals surface area contributed by atoms with Gasteiger partial charge in [0.25, 0.3) is 0 Å². The molecule has 0 aromatic heterocycles. The second-order valence-corrected chi connectivity index (χ2v) is 5.64. The van der Waals surface area contributed by atoms with Crippen LogP contribution in [0, 0.1) is 0 Å². The molecule has 2 aliphatic heterocycles. The first-order valence-corrected chi connectivity index (χ1v) is 8.16. The summed E-state index contributed by atoms with van der Waals surface area (Å²) in [5.41, 5.74) is 0.956. The summed E-state index contributed by atoms with van der Waals surface area (Å²) >= 11 is 0. The van der Waals surface area contributed by atoms with Crippen molar-refractivity contribution in [3.63, 3.8) is 0 Å². The Morgan fingerprint density at radius 1 is 1.26 bits per heavy atom. The summed E-state index contributed by atoms with van der Waals surface area (Å²) in [5.74, 6) is -0.418. The second-order valence-electron chi connectivity index (χ2n) is 5.64. The highest BCUT2D eigenvalue weighted by molar-refractivity contribution is 6.03. The minimum Gasteiger partial charge on any atom is -0.462 e. The van der Waals surface area contributed by atoms with Crippen molar-refractivity contribution < 1.29 is 19.1 Å². The zero-order chi connectivity index (χ0) is 16.4. The Morgan fingerprint density at radius 2 is 2.04 bits per heavy atom. The molecule has 2 atom stereocenters. The fourth-order valence-electron chi connectivity index (χ4n) is 3.41. The average molecular weight is 318 g/mol. The predicted octanol–water partition coefficient (Wildman–Crippen LogP) is 2.63. The molecule has 2 heterocycles. The van der Waals surface area contributed by atoms with Crippen LogP contribution in [0.15, 0.2) is 24.3 Å². The van der Waals surface area contributed by atoms with E-state index in [1.165, 1.54) is 0 Å². The molecule has 2 fully saturated rings. The van der Waals surface area contributed by atoms with Crippen LogP contribution in [0.4, 0.5) is 10.5 Å². The van der Waals surface area contributed by atoms with Crippen LogP contribution < -0.4 is 4.90 Å². The maximum atomic E-state index is 12.8. The molecular formula is C17H22N2O4. The number of urea groups is 1. The summed E-state index contributed by atoms with van der Waals surface area (Å²) in [5, 5.41) is 0. The number of nitrogens with zero attached hydrogens (tertiary/aromatic N) is 2. The Bertz CT molecular complexity index is 604. The molecule has 6 nitrogen and oxygen atoms in total. The number of ether oxygens (including phenoxy) is 2. The van der Waals surface area contributed by atoms with Crippen LogP contribution in [0.1, 0.15) is 37.0 Å². The summed E-state index contributed by atoms with van der Waals surface area (Å²) in [7, 11) is 0. The maximum absolute atomic E-state index is 12.8. The molecule has 124 valence electrons. The van der Waals surface area contributed by atoms with Crippen molar-refractivity contribution in [3.8, 4) is 0 Å². The molecular weight excluding hydrogens is 296 g/mol. The van der Waals surface area contributed by atoms with Gasteiger partial charge >= 0.3 is 12.0 Å². The van der Waals surface area contributed by atoms with Gasteiger partial charge < -0.3 is 14.4 Å². The van der Waals surface area contributed by atoms with Crippen molar-refractivity contribution >= 4 is 17.7 Å². The molecule has 0 saturated carbocycles. The lowest BCUT2D eigenvalue weighted by Crippen LogP contribution is -2.40. The molecule has 0 unspecified atom stereocenters. The minimum absolute atomic E-state index is 0.0534. The van der Waals surface area contributed by atoms with Gasteiger partial charge in [0.1, 0.15) is 0 Å². The third-order valence-corrected chi connectivity index (χ3v) is 4.33. The zero-order valence-corrected chi connectivity index (χ0v) is 13.5.